The van der Waals surface area contributed by atoms with E-state index in [2.05, 4.69) is 40.1 Å². The highest BCUT2D eigenvalue weighted by atomic mass is 32.1. The first kappa shape index (κ1) is 16.7. The zero-order valence-electron chi connectivity index (χ0n) is 14.5. The van der Waals surface area contributed by atoms with Crippen molar-refractivity contribution in [2.75, 3.05) is 36.0 Å². The molecular weight excluding hydrogens is 342 g/mol. The van der Waals surface area contributed by atoms with E-state index in [0.29, 0.717) is 4.88 Å². The molecule has 1 fully saturated rings. The quantitative estimate of drug-likeness (QED) is 0.766. The molecule has 1 aliphatic heterocycles. The van der Waals surface area contributed by atoms with Crippen molar-refractivity contribution < 1.29 is 4.79 Å². The van der Waals surface area contributed by atoms with E-state index in [4.69, 9.17) is 5.73 Å². The summed E-state index contributed by atoms with van der Waals surface area (Å²) in [4.78, 5) is 17.3. The number of benzene rings is 2. The van der Waals surface area contributed by atoms with E-state index in [-0.39, 0.29) is 5.91 Å². The minimum absolute atomic E-state index is 0.358. The summed E-state index contributed by atoms with van der Waals surface area (Å²) in [5, 5.41) is 1.12. The molecule has 0 bridgehead atoms. The highest BCUT2D eigenvalue weighted by Gasteiger charge is 2.22. The first-order valence-corrected chi connectivity index (χ1v) is 9.58. The van der Waals surface area contributed by atoms with E-state index < -0.39 is 0 Å². The normalized spacial score (nSPS) is 14.5. The average molecular weight is 363 g/mol. The summed E-state index contributed by atoms with van der Waals surface area (Å²) in [6.07, 6.45) is 0. The molecule has 0 radical (unpaired) electrons. The van der Waals surface area contributed by atoms with Gasteiger partial charge in [0, 0.05) is 37.4 Å². The molecular formula is C21H21N3OS. The third-order valence-electron chi connectivity index (χ3n) is 4.74. The van der Waals surface area contributed by atoms with Gasteiger partial charge in [0.1, 0.15) is 4.88 Å². The molecule has 132 valence electrons. The molecule has 2 N–H and O–H groups in total. The molecule has 0 atom stereocenters. The summed E-state index contributed by atoms with van der Waals surface area (Å²) in [5.74, 6) is -0.358. The van der Waals surface area contributed by atoms with Crippen LogP contribution in [0.2, 0.25) is 0 Å². The second-order valence-corrected chi connectivity index (χ2v) is 7.40. The van der Waals surface area contributed by atoms with Gasteiger partial charge in [-0.15, -0.1) is 11.3 Å². The van der Waals surface area contributed by atoms with Crippen molar-refractivity contribution in [2.24, 2.45) is 5.73 Å². The molecule has 4 rings (SSSR count). The molecule has 4 nitrogen and oxygen atoms in total. The number of hydrogen-bond donors (Lipinski definition) is 1. The number of rotatable bonds is 4. The number of para-hydroxylation sites is 1. The lowest BCUT2D eigenvalue weighted by molar-refractivity contribution is 0.100. The number of hydrogen-bond acceptors (Lipinski definition) is 4. The number of carbonyl (C=O) groups excluding carboxylic acids is 1. The van der Waals surface area contributed by atoms with Crippen molar-refractivity contribution in [1.82, 2.24) is 0 Å². The summed E-state index contributed by atoms with van der Waals surface area (Å²) in [7, 11) is 0. The van der Waals surface area contributed by atoms with E-state index >= 15 is 0 Å². The lowest BCUT2D eigenvalue weighted by atomic mass is 10.1. The maximum atomic E-state index is 11.9. The van der Waals surface area contributed by atoms with Gasteiger partial charge in [0.2, 0.25) is 0 Å². The molecule has 0 aliphatic carbocycles. The summed E-state index contributed by atoms with van der Waals surface area (Å²) in [6, 6.07) is 22.6. The second kappa shape index (κ2) is 7.22. The number of piperazine rings is 1. The molecule has 0 saturated carbocycles. The number of anilines is 2. The number of nitrogens with zero attached hydrogens (tertiary/aromatic N) is 2. The van der Waals surface area contributed by atoms with Gasteiger partial charge in [-0.3, -0.25) is 4.79 Å². The Hall–Kier alpha value is -2.79. The van der Waals surface area contributed by atoms with E-state index in [1.807, 2.05) is 36.4 Å². The van der Waals surface area contributed by atoms with Crippen molar-refractivity contribution in [3.8, 4) is 11.1 Å². The minimum atomic E-state index is -0.358. The topological polar surface area (TPSA) is 49.6 Å². The van der Waals surface area contributed by atoms with Crippen LogP contribution in [0.15, 0.2) is 66.7 Å². The predicted octanol–water partition coefficient (Wildman–Crippen LogP) is 3.84. The van der Waals surface area contributed by atoms with Crippen LogP contribution in [0.25, 0.3) is 11.1 Å². The fraction of sp³-hybridized carbons (Fsp3) is 0.190. The maximum Gasteiger partial charge on any atom is 0.259 e. The van der Waals surface area contributed by atoms with Crippen LogP contribution in [0.3, 0.4) is 0 Å². The lowest BCUT2D eigenvalue weighted by Crippen LogP contribution is -2.46. The van der Waals surface area contributed by atoms with Crippen LogP contribution in [-0.2, 0) is 0 Å². The van der Waals surface area contributed by atoms with Gasteiger partial charge in [-0.25, -0.2) is 0 Å². The Labute approximate surface area is 157 Å². The van der Waals surface area contributed by atoms with Gasteiger partial charge in [0.25, 0.3) is 5.91 Å². The van der Waals surface area contributed by atoms with Gasteiger partial charge in [-0.2, -0.15) is 0 Å². The van der Waals surface area contributed by atoms with Crippen LogP contribution < -0.4 is 15.5 Å². The van der Waals surface area contributed by atoms with Crippen molar-refractivity contribution >= 4 is 27.9 Å². The standard InChI is InChI=1S/C21H21N3OS/c22-21(25)20-18(16-7-3-1-4-8-16)15-19(26-20)24-13-11-23(12-14-24)17-9-5-2-6-10-17/h1-10,15H,11-14H2,(H2,22,25). The molecule has 26 heavy (non-hydrogen) atoms. The second-order valence-electron chi connectivity index (χ2n) is 6.37. The van der Waals surface area contributed by atoms with Crippen LogP contribution in [-0.4, -0.2) is 32.1 Å². The van der Waals surface area contributed by atoms with Crippen molar-refractivity contribution in [1.29, 1.82) is 0 Å². The third kappa shape index (κ3) is 3.30. The summed E-state index contributed by atoms with van der Waals surface area (Å²) < 4.78 is 0. The molecule has 3 aromatic rings. The smallest absolute Gasteiger partial charge is 0.259 e. The van der Waals surface area contributed by atoms with Crippen molar-refractivity contribution in [3.05, 3.63) is 71.6 Å². The number of nitrogens with two attached hydrogens (primary N) is 1. The molecule has 0 spiro atoms. The molecule has 5 heteroatoms. The van der Waals surface area contributed by atoms with Crippen LogP contribution >= 0.6 is 11.3 Å². The van der Waals surface area contributed by atoms with Gasteiger partial charge in [-0.05, 0) is 23.8 Å². The Kier molecular flexibility index (Phi) is 4.63. The summed E-state index contributed by atoms with van der Waals surface area (Å²) in [6.45, 7) is 3.80. The monoisotopic (exact) mass is 363 g/mol. The van der Waals surface area contributed by atoms with Crippen LogP contribution in [0.4, 0.5) is 10.7 Å². The molecule has 1 amide bonds. The van der Waals surface area contributed by atoms with E-state index in [0.717, 1.165) is 42.3 Å². The summed E-state index contributed by atoms with van der Waals surface area (Å²) >= 11 is 1.50. The minimum Gasteiger partial charge on any atom is -0.368 e. The molecule has 1 aromatic heterocycles. The van der Waals surface area contributed by atoms with Crippen molar-refractivity contribution in [2.45, 2.75) is 0 Å². The Morgan fingerprint density at radius 2 is 1.42 bits per heavy atom. The highest BCUT2D eigenvalue weighted by molar-refractivity contribution is 7.18. The number of thiophene rings is 1. The molecule has 1 saturated heterocycles. The Balaban J connectivity index is 1.55. The number of primary amides is 1. The predicted molar refractivity (Wildman–Crippen MR) is 109 cm³/mol. The van der Waals surface area contributed by atoms with Gasteiger partial charge in [0.05, 0.1) is 5.00 Å². The fourth-order valence-corrected chi connectivity index (χ4v) is 4.46. The van der Waals surface area contributed by atoms with Crippen LogP contribution in [0.5, 0.6) is 0 Å². The lowest BCUT2D eigenvalue weighted by Gasteiger charge is -2.36. The molecule has 0 unspecified atom stereocenters. The zero-order valence-corrected chi connectivity index (χ0v) is 15.3. The van der Waals surface area contributed by atoms with Gasteiger partial charge < -0.3 is 15.5 Å². The van der Waals surface area contributed by atoms with Crippen molar-refractivity contribution in [3.63, 3.8) is 0 Å². The van der Waals surface area contributed by atoms with Crippen LogP contribution in [0, 0.1) is 0 Å². The zero-order chi connectivity index (χ0) is 17.9. The van der Waals surface area contributed by atoms with Crippen LogP contribution in [0.1, 0.15) is 9.67 Å². The first-order chi connectivity index (χ1) is 12.7. The van der Waals surface area contributed by atoms with Gasteiger partial charge in [-0.1, -0.05) is 48.5 Å². The van der Waals surface area contributed by atoms with E-state index in [1.54, 1.807) is 0 Å². The third-order valence-corrected chi connectivity index (χ3v) is 5.95. The Bertz CT molecular complexity index is 884. The SMILES string of the molecule is NC(=O)c1sc(N2CCN(c3ccccc3)CC2)cc1-c1ccccc1. The fourth-order valence-electron chi connectivity index (χ4n) is 3.37. The maximum absolute atomic E-state index is 11.9. The largest absolute Gasteiger partial charge is 0.368 e. The van der Waals surface area contributed by atoms with E-state index in [1.165, 1.54) is 17.0 Å². The Morgan fingerprint density at radius 3 is 2.04 bits per heavy atom. The summed E-state index contributed by atoms with van der Waals surface area (Å²) in [5.41, 5.74) is 8.87. The van der Waals surface area contributed by atoms with Gasteiger partial charge >= 0.3 is 0 Å². The average Bonchev–Trinajstić information content (AvgIpc) is 3.15. The molecule has 1 aliphatic rings. The Morgan fingerprint density at radius 1 is 0.846 bits per heavy atom. The van der Waals surface area contributed by atoms with E-state index in [9.17, 15) is 4.79 Å². The highest BCUT2D eigenvalue weighted by Crippen LogP contribution is 2.37. The van der Waals surface area contributed by atoms with Gasteiger partial charge in [0.15, 0.2) is 0 Å². The number of amides is 1. The first-order valence-electron chi connectivity index (χ1n) is 8.76. The number of carbonyl (C=O) groups is 1. The molecule has 2 heterocycles. The molecule has 2 aromatic carbocycles.